The van der Waals surface area contributed by atoms with E-state index in [4.69, 9.17) is 9.47 Å². The Morgan fingerprint density at radius 1 is 0.617 bits per heavy atom. The molecule has 0 aliphatic heterocycles. The fourth-order valence-corrected chi connectivity index (χ4v) is 5.35. The van der Waals surface area contributed by atoms with Crippen molar-refractivity contribution in [2.24, 2.45) is 0 Å². The predicted molar refractivity (Wildman–Crippen MR) is 183 cm³/mol. The van der Waals surface area contributed by atoms with Crippen LogP contribution < -0.4 is 9.47 Å². The van der Waals surface area contributed by atoms with Gasteiger partial charge in [0.1, 0.15) is 11.5 Å². The van der Waals surface area contributed by atoms with Gasteiger partial charge in [-0.3, -0.25) is 14.4 Å². The molecular formula is C38H43N3O6. The topological polar surface area (TPSA) is 99.6 Å². The number of hydrogen-bond donors (Lipinski definition) is 1. The molecule has 0 spiro atoms. The van der Waals surface area contributed by atoms with Crippen LogP contribution >= 0.6 is 0 Å². The van der Waals surface area contributed by atoms with E-state index in [9.17, 15) is 19.5 Å². The van der Waals surface area contributed by atoms with Gasteiger partial charge in [0.25, 0.3) is 11.8 Å². The maximum Gasteiger partial charge on any atom is 0.305 e. The van der Waals surface area contributed by atoms with Crippen LogP contribution in [0.4, 0.5) is 0 Å². The number of likely N-dealkylation sites (N-methyl/N-ethyl adjacent to an activating group) is 1. The summed E-state index contributed by atoms with van der Waals surface area (Å²) < 4.78 is 10.8. The zero-order chi connectivity index (χ0) is 33.8. The highest BCUT2D eigenvalue weighted by molar-refractivity contribution is 6.06. The van der Waals surface area contributed by atoms with Gasteiger partial charge in [0.15, 0.2) is 0 Å². The van der Waals surface area contributed by atoms with Gasteiger partial charge in [-0.2, -0.15) is 0 Å². The fraction of sp³-hybridized carbons (Fsp3) is 0.289. The van der Waals surface area contributed by atoms with Crippen molar-refractivity contribution in [3.63, 3.8) is 0 Å². The van der Waals surface area contributed by atoms with Gasteiger partial charge in [-0.25, -0.2) is 0 Å². The molecular weight excluding hydrogens is 594 g/mol. The highest BCUT2D eigenvalue weighted by Crippen LogP contribution is 2.30. The van der Waals surface area contributed by atoms with E-state index >= 15 is 0 Å². The van der Waals surface area contributed by atoms with Crippen LogP contribution in [0, 0.1) is 0 Å². The molecule has 0 saturated heterocycles. The van der Waals surface area contributed by atoms with Crippen LogP contribution in [0.15, 0.2) is 97.1 Å². The molecule has 47 heavy (non-hydrogen) atoms. The summed E-state index contributed by atoms with van der Waals surface area (Å²) in [5, 5.41) is 9.49. The van der Waals surface area contributed by atoms with Crippen LogP contribution in [0.5, 0.6) is 11.5 Å². The highest BCUT2D eigenvalue weighted by Gasteiger charge is 2.25. The smallest absolute Gasteiger partial charge is 0.305 e. The fourth-order valence-electron chi connectivity index (χ4n) is 5.35. The number of methoxy groups -OCH3 is 2. The minimum atomic E-state index is -0.994. The number of carboxylic acid groups (broad SMARTS) is 1. The lowest BCUT2D eigenvalue weighted by Gasteiger charge is -2.27. The molecule has 0 saturated carbocycles. The number of hydrogen-bond acceptors (Lipinski definition) is 6. The summed E-state index contributed by atoms with van der Waals surface area (Å²) >= 11 is 0. The van der Waals surface area contributed by atoms with E-state index in [1.165, 1.54) is 0 Å². The van der Waals surface area contributed by atoms with Crippen molar-refractivity contribution in [1.29, 1.82) is 0 Å². The third-order valence-corrected chi connectivity index (χ3v) is 7.89. The largest absolute Gasteiger partial charge is 0.497 e. The lowest BCUT2D eigenvalue weighted by atomic mass is 9.93. The molecule has 0 atom stereocenters. The van der Waals surface area contributed by atoms with Crippen LogP contribution in [0.1, 0.15) is 38.3 Å². The first kappa shape index (κ1) is 34.7. The summed E-state index contributed by atoms with van der Waals surface area (Å²) in [6.45, 7) is 1.95. The first-order valence-electron chi connectivity index (χ1n) is 15.6. The van der Waals surface area contributed by atoms with Gasteiger partial charge in [0.2, 0.25) is 0 Å². The minimum Gasteiger partial charge on any atom is -0.497 e. The van der Waals surface area contributed by atoms with Gasteiger partial charge in [-0.1, -0.05) is 66.7 Å². The summed E-state index contributed by atoms with van der Waals surface area (Å²) in [7, 11) is 7.09. The molecule has 9 nitrogen and oxygen atoms in total. The number of ether oxygens (including phenoxy) is 2. The molecule has 0 heterocycles. The van der Waals surface area contributed by atoms with E-state index < -0.39 is 5.97 Å². The van der Waals surface area contributed by atoms with Crippen molar-refractivity contribution in [2.75, 3.05) is 54.5 Å². The van der Waals surface area contributed by atoms with Crippen molar-refractivity contribution in [2.45, 2.75) is 19.4 Å². The van der Waals surface area contributed by atoms with E-state index in [1.807, 2.05) is 96.7 Å². The Labute approximate surface area is 276 Å². The first-order chi connectivity index (χ1) is 22.7. The number of amides is 2. The molecule has 0 aliphatic carbocycles. The molecule has 9 heteroatoms. The lowest BCUT2D eigenvalue weighted by molar-refractivity contribution is -0.137. The van der Waals surface area contributed by atoms with E-state index in [0.29, 0.717) is 59.8 Å². The number of carbonyl (C=O) groups is 3. The molecule has 0 aromatic heterocycles. The molecule has 0 bridgehead atoms. The normalized spacial score (nSPS) is 10.8. The lowest BCUT2D eigenvalue weighted by Crippen LogP contribution is -2.36. The Balaban J connectivity index is 1.68. The Morgan fingerprint density at radius 2 is 1.15 bits per heavy atom. The molecule has 4 aromatic rings. The van der Waals surface area contributed by atoms with Gasteiger partial charge >= 0.3 is 5.97 Å². The van der Waals surface area contributed by atoms with Gasteiger partial charge < -0.3 is 29.3 Å². The maximum atomic E-state index is 14.2. The van der Waals surface area contributed by atoms with Crippen molar-refractivity contribution in [3.8, 4) is 22.6 Å². The molecule has 246 valence electrons. The molecule has 0 fully saturated rings. The number of nitrogens with zero attached hydrogens (tertiary/aromatic N) is 3. The Hall–Kier alpha value is -5.15. The van der Waals surface area contributed by atoms with Gasteiger partial charge in [0.05, 0.1) is 20.6 Å². The van der Waals surface area contributed by atoms with Crippen LogP contribution in [0.25, 0.3) is 11.1 Å². The highest BCUT2D eigenvalue weighted by atomic mass is 16.5. The molecule has 1 N–H and O–H groups in total. The zero-order valence-electron chi connectivity index (χ0n) is 27.5. The number of rotatable bonds is 16. The first-order valence-corrected chi connectivity index (χ1v) is 15.6. The zero-order valence-corrected chi connectivity index (χ0v) is 27.5. The molecule has 0 aliphatic rings. The third kappa shape index (κ3) is 9.67. The van der Waals surface area contributed by atoms with Crippen LogP contribution in [0.3, 0.4) is 0 Å². The van der Waals surface area contributed by atoms with Crippen molar-refractivity contribution in [1.82, 2.24) is 14.7 Å². The average Bonchev–Trinajstić information content (AvgIpc) is 3.09. The van der Waals surface area contributed by atoms with Gasteiger partial charge in [-0.05, 0) is 67.0 Å². The van der Waals surface area contributed by atoms with Gasteiger partial charge in [0, 0.05) is 49.9 Å². The Morgan fingerprint density at radius 3 is 1.68 bits per heavy atom. The average molecular weight is 638 g/mol. The monoisotopic (exact) mass is 637 g/mol. The van der Waals surface area contributed by atoms with Crippen LogP contribution in [-0.2, 0) is 17.8 Å². The van der Waals surface area contributed by atoms with Crippen LogP contribution in [0.2, 0.25) is 0 Å². The number of benzene rings is 4. The number of aliphatic carboxylic acids is 1. The van der Waals surface area contributed by atoms with E-state index in [0.717, 1.165) is 11.1 Å². The minimum absolute atomic E-state index is 0.0274. The van der Waals surface area contributed by atoms with Crippen LogP contribution in [-0.4, -0.2) is 92.1 Å². The molecule has 0 radical (unpaired) electrons. The second-order valence-corrected chi connectivity index (χ2v) is 11.5. The quantitative estimate of drug-likeness (QED) is 0.167. The standard InChI is InChI=1S/C38H43N3O6/c1-39(2)22-23-41(27-28-12-6-5-7-13-28)38(45)35-17-11-9-15-33(35)32-14-8-10-16-34(32)37(44)40(21-19-36(42)43)20-18-29-24-30(46-3)26-31(25-29)47-4/h5-17,24-26H,18-23,27H2,1-4H3,(H,42,43). The summed E-state index contributed by atoms with van der Waals surface area (Å²) in [6.07, 6.45) is 0.251. The Kier molecular flexibility index (Phi) is 12.5. The van der Waals surface area contributed by atoms with E-state index in [-0.39, 0.29) is 31.3 Å². The Bertz CT molecular complexity index is 1630. The summed E-state index contributed by atoms with van der Waals surface area (Å²) in [6, 6.07) is 29.9. The molecule has 0 unspecified atom stereocenters. The molecule has 4 aromatic carbocycles. The van der Waals surface area contributed by atoms with Crippen molar-refractivity contribution in [3.05, 3.63) is 119 Å². The van der Waals surface area contributed by atoms with E-state index in [2.05, 4.69) is 0 Å². The SMILES string of the molecule is COc1cc(CCN(CCC(=O)O)C(=O)c2ccccc2-c2ccccc2C(=O)N(CCN(C)C)Cc2ccccc2)cc(OC)c1. The number of carboxylic acids is 1. The summed E-state index contributed by atoms with van der Waals surface area (Å²) in [5.74, 6) is -0.190. The second-order valence-electron chi connectivity index (χ2n) is 11.5. The summed E-state index contributed by atoms with van der Waals surface area (Å²) in [4.78, 5) is 45.5. The predicted octanol–water partition coefficient (Wildman–Crippen LogP) is 5.73. The second kappa shape index (κ2) is 17.0. The summed E-state index contributed by atoms with van der Waals surface area (Å²) in [5.41, 5.74) is 4.04. The van der Waals surface area contributed by atoms with Crippen molar-refractivity contribution >= 4 is 17.8 Å². The number of carbonyl (C=O) groups excluding carboxylic acids is 2. The maximum absolute atomic E-state index is 14.2. The molecule has 2 amide bonds. The van der Waals surface area contributed by atoms with E-state index in [1.54, 1.807) is 43.4 Å². The van der Waals surface area contributed by atoms with Gasteiger partial charge in [-0.15, -0.1) is 0 Å². The third-order valence-electron chi connectivity index (χ3n) is 7.89. The molecule has 4 rings (SSSR count). The van der Waals surface area contributed by atoms with Crippen molar-refractivity contribution < 1.29 is 29.0 Å².